The molecule has 0 atom stereocenters. The molecular weight excluding hydrogens is 435 g/mol. The molecule has 0 unspecified atom stereocenters. The van der Waals surface area contributed by atoms with Gasteiger partial charge in [-0.25, -0.2) is 4.68 Å². The molecule has 0 spiro atoms. The maximum Gasteiger partial charge on any atom is 0.228 e. The standard InChI is InChI=1S/C23H22Cl2N4O2/c1-13-19(14(2)29(28-13)21-9-8-16(24)10-20(21)25)12-22(30)26-17-4-3-5-18(11-17)27-23(31)15-6-7-15/h3-5,8-11,15H,6-7,12H2,1-2H3,(H,26,30)(H,27,31). The fraction of sp³-hybridized carbons (Fsp3) is 0.261. The number of nitrogens with zero attached hydrogens (tertiary/aromatic N) is 2. The predicted molar refractivity (Wildman–Crippen MR) is 123 cm³/mol. The highest BCUT2D eigenvalue weighted by Gasteiger charge is 2.29. The number of aryl methyl sites for hydroxylation is 1. The number of amides is 2. The van der Waals surface area contributed by atoms with Crippen LogP contribution in [0, 0.1) is 19.8 Å². The van der Waals surface area contributed by atoms with E-state index in [-0.39, 0.29) is 24.2 Å². The first-order chi connectivity index (χ1) is 14.8. The summed E-state index contributed by atoms with van der Waals surface area (Å²) in [6.45, 7) is 3.77. The zero-order valence-electron chi connectivity index (χ0n) is 17.2. The summed E-state index contributed by atoms with van der Waals surface area (Å²) in [5.74, 6) is -0.0171. The van der Waals surface area contributed by atoms with Gasteiger partial charge < -0.3 is 10.6 Å². The van der Waals surface area contributed by atoms with Gasteiger partial charge in [0.15, 0.2) is 0 Å². The Hall–Kier alpha value is -2.83. The third-order valence-corrected chi connectivity index (χ3v) is 5.82. The highest BCUT2D eigenvalue weighted by molar-refractivity contribution is 6.35. The molecule has 160 valence electrons. The SMILES string of the molecule is Cc1nn(-c2ccc(Cl)cc2Cl)c(C)c1CC(=O)Nc1cccc(NC(=O)C2CC2)c1. The Morgan fingerprint density at radius 3 is 2.45 bits per heavy atom. The predicted octanol–water partition coefficient (Wildman–Crippen LogP) is 5.33. The monoisotopic (exact) mass is 456 g/mol. The topological polar surface area (TPSA) is 76.0 Å². The summed E-state index contributed by atoms with van der Waals surface area (Å²) in [5.41, 5.74) is 4.43. The minimum Gasteiger partial charge on any atom is -0.326 e. The lowest BCUT2D eigenvalue weighted by atomic mass is 10.1. The molecule has 1 heterocycles. The van der Waals surface area contributed by atoms with Gasteiger partial charge >= 0.3 is 0 Å². The van der Waals surface area contributed by atoms with Crippen molar-refractivity contribution in [3.05, 3.63) is 69.5 Å². The Bertz CT molecular complexity index is 1170. The first-order valence-corrected chi connectivity index (χ1v) is 10.8. The van der Waals surface area contributed by atoms with Crippen molar-refractivity contribution < 1.29 is 9.59 Å². The van der Waals surface area contributed by atoms with Crippen molar-refractivity contribution in [1.82, 2.24) is 9.78 Å². The quantitative estimate of drug-likeness (QED) is 0.526. The van der Waals surface area contributed by atoms with Crippen LogP contribution in [-0.4, -0.2) is 21.6 Å². The number of nitrogens with one attached hydrogen (secondary N) is 2. The van der Waals surface area contributed by atoms with Crippen LogP contribution in [-0.2, 0) is 16.0 Å². The highest BCUT2D eigenvalue weighted by atomic mass is 35.5. The second-order valence-electron chi connectivity index (χ2n) is 7.73. The minimum atomic E-state index is -0.168. The average Bonchev–Trinajstić information content (AvgIpc) is 3.52. The van der Waals surface area contributed by atoms with Gasteiger partial charge in [-0.1, -0.05) is 29.3 Å². The Balaban J connectivity index is 1.48. The summed E-state index contributed by atoms with van der Waals surface area (Å²) in [6, 6.07) is 12.4. The third-order valence-electron chi connectivity index (χ3n) is 5.28. The van der Waals surface area contributed by atoms with Crippen LogP contribution >= 0.6 is 23.2 Å². The number of carbonyl (C=O) groups excluding carboxylic acids is 2. The van der Waals surface area contributed by atoms with Crippen molar-refractivity contribution in [2.45, 2.75) is 33.1 Å². The number of halogens is 2. The molecule has 8 heteroatoms. The summed E-state index contributed by atoms with van der Waals surface area (Å²) in [7, 11) is 0. The Kier molecular flexibility index (Phi) is 6.03. The Morgan fingerprint density at radius 2 is 1.77 bits per heavy atom. The van der Waals surface area contributed by atoms with Crippen LogP contribution < -0.4 is 10.6 Å². The molecule has 0 saturated heterocycles. The molecule has 0 aliphatic heterocycles. The molecule has 2 amide bonds. The lowest BCUT2D eigenvalue weighted by Crippen LogP contribution is -2.16. The Morgan fingerprint density at radius 1 is 1.06 bits per heavy atom. The van der Waals surface area contributed by atoms with Crippen molar-refractivity contribution in [2.24, 2.45) is 5.92 Å². The van der Waals surface area contributed by atoms with Crippen LogP contribution in [0.1, 0.15) is 29.8 Å². The zero-order valence-corrected chi connectivity index (χ0v) is 18.7. The molecule has 1 aliphatic carbocycles. The molecule has 0 bridgehead atoms. The van der Waals surface area contributed by atoms with Crippen molar-refractivity contribution >= 4 is 46.4 Å². The molecule has 6 nitrogen and oxygen atoms in total. The first kappa shape index (κ1) is 21.4. The van der Waals surface area contributed by atoms with E-state index in [1.807, 2.05) is 19.9 Å². The first-order valence-electron chi connectivity index (χ1n) is 10.0. The second-order valence-corrected chi connectivity index (χ2v) is 8.57. The van der Waals surface area contributed by atoms with E-state index in [0.29, 0.717) is 27.1 Å². The lowest BCUT2D eigenvalue weighted by Gasteiger charge is -2.10. The van der Waals surface area contributed by atoms with Gasteiger partial charge in [-0.05, 0) is 63.1 Å². The molecule has 31 heavy (non-hydrogen) atoms. The number of anilines is 2. The van der Waals surface area contributed by atoms with E-state index in [0.717, 1.165) is 29.8 Å². The average molecular weight is 457 g/mol. The number of benzene rings is 2. The van der Waals surface area contributed by atoms with Crippen molar-refractivity contribution in [3.63, 3.8) is 0 Å². The van der Waals surface area contributed by atoms with Crippen molar-refractivity contribution in [3.8, 4) is 5.69 Å². The smallest absolute Gasteiger partial charge is 0.228 e. The molecule has 3 aromatic rings. The summed E-state index contributed by atoms with van der Waals surface area (Å²) in [6.07, 6.45) is 2.05. The molecule has 0 radical (unpaired) electrons. The summed E-state index contributed by atoms with van der Waals surface area (Å²) in [4.78, 5) is 24.7. The van der Waals surface area contributed by atoms with Crippen molar-refractivity contribution in [1.29, 1.82) is 0 Å². The molecule has 4 rings (SSSR count). The number of hydrogen-bond donors (Lipinski definition) is 2. The minimum absolute atomic E-state index is 0.0306. The van der Waals surface area contributed by atoms with E-state index < -0.39 is 0 Å². The van der Waals surface area contributed by atoms with Crippen LogP contribution in [0.15, 0.2) is 42.5 Å². The number of carbonyl (C=O) groups is 2. The van der Waals surface area contributed by atoms with Gasteiger partial charge in [0.05, 0.1) is 22.8 Å². The van der Waals surface area contributed by atoms with Crippen LogP contribution in [0.4, 0.5) is 11.4 Å². The summed E-state index contributed by atoms with van der Waals surface area (Å²) < 4.78 is 1.73. The highest BCUT2D eigenvalue weighted by Crippen LogP contribution is 2.30. The molecule has 1 aromatic heterocycles. The molecule has 2 N–H and O–H groups in total. The van der Waals surface area contributed by atoms with Crippen LogP contribution in [0.5, 0.6) is 0 Å². The molecule has 1 aliphatic rings. The van der Waals surface area contributed by atoms with Crippen molar-refractivity contribution in [2.75, 3.05) is 10.6 Å². The Labute approximate surface area is 190 Å². The summed E-state index contributed by atoms with van der Waals surface area (Å²) in [5, 5.41) is 11.4. The van der Waals surface area contributed by atoms with E-state index in [4.69, 9.17) is 23.2 Å². The zero-order chi connectivity index (χ0) is 22.1. The van der Waals surface area contributed by atoms with E-state index >= 15 is 0 Å². The molecule has 1 saturated carbocycles. The normalized spacial score (nSPS) is 13.2. The van der Waals surface area contributed by atoms with Gasteiger partial charge in [-0.3, -0.25) is 9.59 Å². The van der Waals surface area contributed by atoms with Gasteiger partial charge in [0.25, 0.3) is 0 Å². The fourth-order valence-electron chi connectivity index (χ4n) is 3.45. The van der Waals surface area contributed by atoms with Gasteiger partial charge in [-0.2, -0.15) is 5.10 Å². The van der Waals surface area contributed by atoms with E-state index in [1.165, 1.54) is 0 Å². The summed E-state index contributed by atoms with van der Waals surface area (Å²) >= 11 is 12.3. The van der Waals surface area contributed by atoms with E-state index in [9.17, 15) is 9.59 Å². The van der Waals surface area contributed by atoms with E-state index in [2.05, 4.69) is 15.7 Å². The number of rotatable bonds is 6. The van der Waals surface area contributed by atoms with Gasteiger partial charge in [0.2, 0.25) is 11.8 Å². The molecule has 1 fully saturated rings. The number of aromatic nitrogens is 2. The van der Waals surface area contributed by atoms with Gasteiger partial charge in [0.1, 0.15) is 0 Å². The number of hydrogen-bond acceptors (Lipinski definition) is 3. The van der Waals surface area contributed by atoms with Gasteiger partial charge in [0, 0.05) is 33.6 Å². The molecular formula is C23H22Cl2N4O2. The third kappa shape index (κ3) is 4.92. The van der Waals surface area contributed by atoms with E-state index in [1.54, 1.807) is 41.1 Å². The maximum atomic E-state index is 12.7. The fourth-order valence-corrected chi connectivity index (χ4v) is 3.94. The lowest BCUT2D eigenvalue weighted by molar-refractivity contribution is -0.117. The largest absolute Gasteiger partial charge is 0.326 e. The molecule has 2 aromatic carbocycles. The maximum absolute atomic E-state index is 12.7. The van der Waals surface area contributed by atoms with Crippen LogP contribution in [0.25, 0.3) is 5.69 Å². The van der Waals surface area contributed by atoms with Crippen LogP contribution in [0.2, 0.25) is 10.0 Å². The second kappa shape index (κ2) is 8.73. The van der Waals surface area contributed by atoms with Gasteiger partial charge in [-0.15, -0.1) is 0 Å². The van der Waals surface area contributed by atoms with Crippen LogP contribution in [0.3, 0.4) is 0 Å².